The van der Waals surface area contributed by atoms with Crippen molar-refractivity contribution in [2.24, 2.45) is 0 Å². The largest absolute Gasteiger partial charge is 0.453 e. The number of ether oxygens (including phenoxy) is 1. The minimum atomic E-state index is -4.37. The molecule has 9 heteroatoms. The lowest BCUT2D eigenvalue weighted by atomic mass is 10.1. The van der Waals surface area contributed by atoms with Crippen LogP contribution in [-0.2, 0) is 15.7 Å². The Bertz CT molecular complexity index is 599. The Morgan fingerprint density at radius 1 is 1.29 bits per heavy atom. The second-order valence-electron chi connectivity index (χ2n) is 5.50. The number of piperazine rings is 1. The molecule has 2 amide bonds. The molecule has 1 aromatic carbocycles. The molecule has 0 aliphatic carbocycles. The van der Waals surface area contributed by atoms with Gasteiger partial charge in [-0.25, -0.2) is 4.79 Å². The zero-order chi connectivity index (χ0) is 17.7. The van der Waals surface area contributed by atoms with Crippen LogP contribution in [0.1, 0.15) is 5.56 Å². The summed E-state index contributed by atoms with van der Waals surface area (Å²) < 4.78 is 42.7. The number of benzene rings is 1. The molecule has 0 radical (unpaired) electrons. The fourth-order valence-corrected chi connectivity index (χ4v) is 2.57. The molecule has 0 aromatic heterocycles. The molecule has 0 unspecified atom stereocenters. The van der Waals surface area contributed by atoms with E-state index in [4.69, 9.17) is 0 Å². The first kappa shape index (κ1) is 18.1. The highest BCUT2D eigenvalue weighted by molar-refractivity contribution is 5.92. The van der Waals surface area contributed by atoms with Crippen LogP contribution in [0.15, 0.2) is 24.3 Å². The zero-order valence-corrected chi connectivity index (χ0v) is 13.2. The van der Waals surface area contributed by atoms with Crippen molar-refractivity contribution in [1.29, 1.82) is 0 Å². The fraction of sp³-hybridized carbons (Fsp3) is 0.467. The van der Waals surface area contributed by atoms with Gasteiger partial charge in [-0.1, -0.05) is 6.07 Å². The lowest BCUT2D eigenvalue weighted by Gasteiger charge is -2.33. The minimum Gasteiger partial charge on any atom is -0.453 e. The molecule has 1 fully saturated rings. The second-order valence-corrected chi connectivity index (χ2v) is 5.50. The van der Waals surface area contributed by atoms with Gasteiger partial charge >= 0.3 is 12.3 Å². The number of carbonyl (C=O) groups is 2. The number of alkyl halides is 3. The van der Waals surface area contributed by atoms with Gasteiger partial charge < -0.3 is 14.5 Å². The molecule has 132 valence electrons. The summed E-state index contributed by atoms with van der Waals surface area (Å²) in [5.41, 5.74) is -0.157. The maximum absolute atomic E-state index is 12.8. The molecule has 2 N–H and O–H groups in total. The molecule has 0 atom stereocenters. The first-order valence-corrected chi connectivity index (χ1v) is 7.43. The van der Waals surface area contributed by atoms with Crippen molar-refractivity contribution in [3.8, 4) is 0 Å². The van der Waals surface area contributed by atoms with Crippen LogP contribution in [0.5, 0.6) is 0 Å². The summed E-state index contributed by atoms with van der Waals surface area (Å²) in [4.78, 5) is 25.4. The van der Waals surface area contributed by atoms with Crippen LogP contribution >= 0.6 is 0 Å². The van der Waals surface area contributed by atoms with Crippen LogP contribution in [0.25, 0.3) is 0 Å². The maximum Gasteiger partial charge on any atom is 0.416 e. The van der Waals surface area contributed by atoms with Gasteiger partial charge in [0.2, 0.25) is 0 Å². The Labute approximate surface area is 137 Å². The van der Waals surface area contributed by atoms with Gasteiger partial charge in [0.15, 0.2) is 6.54 Å². The number of quaternary nitrogens is 1. The van der Waals surface area contributed by atoms with Crippen LogP contribution in [-0.4, -0.2) is 51.8 Å². The lowest BCUT2D eigenvalue weighted by molar-refractivity contribution is -0.892. The first-order valence-electron chi connectivity index (χ1n) is 7.43. The smallest absolute Gasteiger partial charge is 0.416 e. The summed E-state index contributed by atoms with van der Waals surface area (Å²) >= 11 is 0. The number of carbonyl (C=O) groups excluding carboxylic acids is 2. The van der Waals surface area contributed by atoms with Gasteiger partial charge in [-0.2, -0.15) is 13.2 Å². The van der Waals surface area contributed by atoms with Gasteiger partial charge in [0.1, 0.15) is 0 Å². The molecule has 1 aliphatic rings. The first-order chi connectivity index (χ1) is 11.3. The monoisotopic (exact) mass is 346 g/mol. The third-order valence-corrected chi connectivity index (χ3v) is 3.85. The third kappa shape index (κ3) is 4.85. The highest BCUT2D eigenvalue weighted by atomic mass is 19.4. The van der Waals surface area contributed by atoms with Crippen molar-refractivity contribution in [2.75, 3.05) is 44.7 Å². The van der Waals surface area contributed by atoms with E-state index >= 15 is 0 Å². The minimum absolute atomic E-state index is 0.117. The molecule has 0 bridgehead atoms. The van der Waals surface area contributed by atoms with E-state index in [1.807, 2.05) is 4.90 Å². The van der Waals surface area contributed by atoms with E-state index in [1.54, 1.807) is 6.07 Å². The molecule has 1 aliphatic heterocycles. The Hall–Kier alpha value is -2.29. The number of hydrogen-bond donors (Lipinski definition) is 2. The molecule has 1 saturated heterocycles. The van der Waals surface area contributed by atoms with E-state index in [2.05, 4.69) is 10.1 Å². The number of hydrogen-bond acceptors (Lipinski definition) is 4. The van der Waals surface area contributed by atoms with E-state index in [1.165, 1.54) is 13.2 Å². The van der Waals surface area contributed by atoms with E-state index in [0.29, 0.717) is 31.9 Å². The van der Waals surface area contributed by atoms with Gasteiger partial charge in [-0.05, 0) is 18.2 Å². The average molecular weight is 346 g/mol. The predicted octanol–water partition coefficient (Wildman–Crippen LogP) is 0.293. The number of amides is 2. The number of anilines is 1. The zero-order valence-electron chi connectivity index (χ0n) is 13.2. The van der Waals surface area contributed by atoms with Crippen molar-refractivity contribution in [2.45, 2.75) is 6.18 Å². The molecule has 24 heavy (non-hydrogen) atoms. The number of nitrogens with zero attached hydrogens (tertiary/aromatic N) is 1. The summed E-state index contributed by atoms with van der Waals surface area (Å²) in [5, 5.41) is 2.08. The Morgan fingerprint density at radius 2 is 1.96 bits per heavy atom. The summed E-state index contributed by atoms with van der Waals surface area (Å²) in [7, 11) is 1.17. The number of rotatable bonds is 3. The van der Waals surface area contributed by atoms with E-state index in [-0.39, 0.29) is 6.54 Å². The highest BCUT2D eigenvalue weighted by Gasteiger charge is 2.31. The lowest BCUT2D eigenvalue weighted by Crippen LogP contribution is -3.16. The third-order valence-electron chi connectivity index (χ3n) is 3.85. The Balaban J connectivity index is 1.89. The van der Waals surface area contributed by atoms with Crippen LogP contribution in [0, 0.1) is 0 Å². The molecule has 1 aromatic rings. The number of alkyl carbamates (subject to hydrolysis) is 1. The number of halogens is 3. The van der Waals surface area contributed by atoms with Gasteiger partial charge in [0, 0.05) is 5.69 Å². The normalized spacial score (nSPS) is 15.9. The molecule has 1 heterocycles. The van der Waals surface area contributed by atoms with E-state index < -0.39 is 23.7 Å². The van der Waals surface area contributed by atoms with Crippen LogP contribution < -0.4 is 15.1 Å². The van der Waals surface area contributed by atoms with Crippen LogP contribution in [0.3, 0.4) is 0 Å². The number of imide groups is 1. The van der Waals surface area contributed by atoms with Gasteiger partial charge in [-0.3, -0.25) is 10.1 Å². The maximum atomic E-state index is 12.8. The van der Waals surface area contributed by atoms with Gasteiger partial charge in [0.05, 0.1) is 38.9 Å². The van der Waals surface area contributed by atoms with Crippen molar-refractivity contribution in [1.82, 2.24) is 5.32 Å². The topological polar surface area (TPSA) is 63.1 Å². The Kier molecular flexibility index (Phi) is 5.66. The SMILES string of the molecule is COC(=O)NC(=O)C[NH+]1CCN(c2cccc(C(F)(F)F)c2)CC1. The molecule has 2 rings (SSSR count). The standard InChI is InChI=1S/C15H18F3N3O3/c1-24-14(23)19-13(22)10-20-5-7-21(8-6-20)12-4-2-3-11(9-12)15(16,17)18/h2-4,9H,5-8,10H2,1H3,(H,19,22,23)/p+1. The Morgan fingerprint density at radius 3 is 2.54 bits per heavy atom. The predicted molar refractivity (Wildman–Crippen MR) is 79.8 cm³/mol. The molecule has 6 nitrogen and oxygen atoms in total. The average Bonchev–Trinajstić information content (AvgIpc) is 2.54. The molecular weight excluding hydrogens is 327 g/mol. The van der Waals surface area contributed by atoms with Crippen molar-refractivity contribution >= 4 is 17.7 Å². The van der Waals surface area contributed by atoms with Crippen LogP contribution in [0.4, 0.5) is 23.7 Å². The fourth-order valence-electron chi connectivity index (χ4n) is 2.57. The van der Waals surface area contributed by atoms with Crippen molar-refractivity contribution in [3.63, 3.8) is 0 Å². The summed E-state index contributed by atoms with van der Waals surface area (Å²) in [6, 6.07) is 5.21. The highest BCUT2D eigenvalue weighted by Crippen LogP contribution is 2.31. The quantitative estimate of drug-likeness (QED) is 0.826. The summed E-state index contributed by atoms with van der Waals surface area (Å²) in [6.07, 6.45) is -5.17. The van der Waals surface area contributed by atoms with E-state index in [9.17, 15) is 22.8 Å². The molecular formula is C15H19F3N3O3+. The van der Waals surface area contributed by atoms with E-state index in [0.717, 1.165) is 17.0 Å². The van der Waals surface area contributed by atoms with Crippen molar-refractivity contribution < 1.29 is 32.4 Å². The molecule has 0 spiro atoms. The summed E-state index contributed by atoms with van der Waals surface area (Å²) in [6.45, 7) is 2.35. The van der Waals surface area contributed by atoms with Gasteiger partial charge in [-0.15, -0.1) is 0 Å². The molecule has 0 saturated carbocycles. The number of nitrogens with one attached hydrogen (secondary N) is 2. The van der Waals surface area contributed by atoms with Crippen molar-refractivity contribution in [3.05, 3.63) is 29.8 Å². The second kappa shape index (κ2) is 7.52. The van der Waals surface area contributed by atoms with Gasteiger partial charge in [0.25, 0.3) is 5.91 Å². The number of methoxy groups -OCH3 is 1. The van der Waals surface area contributed by atoms with Crippen LogP contribution in [0.2, 0.25) is 0 Å². The summed E-state index contributed by atoms with van der Waals surface area (Å²) in [5.74, 6) is -0.440.